The molecule has 1 aromatic carbocycles. The first-order valence-electron chi connectivity index (χ1n) is 6.45. The summed E-state index contributed by atoms with van der Waals surface area (Å²) in [5.41, 5.74) is 9.49. The van der Waals surface area contributed by atoms with Gasteiger partial charge in [-0.05, 0) is 19.2 Å². The molecule has 1 heterocycles. The Bertz CT molecular complexity index is 401. The van der Waals surface area contributed by atoms with Gasteiger partial charge in [-0.25, -0.2) is 14.8 Å². The second-order valence-corrected chi connectivity index (χ2v) is 5.25. The van der Waals surface area contributed by atoms with Gasteiger partial charge in [0.25, 0.3) is 0 Å². The van der Waals surface area contributed by atoms with Crippen molar-refractivity contribution in [3.05, 3.63) is 34.6 Å². The van der Waals surface area contributed by atoms with Crippen molar-refractivity contribution in [1.29, 1.82) is 0 Å². The smallest absolute Gasteiger partial charge is 0.129 e. The third-order valence-electron chi connectivity index (χ3n) is 3.43. The summed E-state index contributed by atoms with van der Waals surface area (Å²) in [7, 11) is 2.09. The Morgan fingerprint density at radius 3 is 2.63 bits per heavy atom. The van der Waals surface area contributed by atoms with E-state index in [9.17, 15) is 4.39 Å². The van der Waals surface area contributed by atoms with Crippen molar-refractivity contribution in [2.75, 3.05) is 39.8 Å². The molecule has 1 atom stereocenters. The molecular weight excluding hydrogens is 267 g/mol. The van der Waals surface area contributed by atoms with Gasteiger partial charge in [-0.15, -0.1) is 0 Å². The first-order chi connectivity index (χ1) is 9.11. The highest BCUT2D eigenvalue weighted by molar-refractivity contribution is 6.31. The van der Waals surface area contributed by atoms with Gasteiger partial charge < -0.3 is 10.6 Å². The van der Waals surface area contributed by atoms with E-state index < -0.39 is 0 Å². The van der Waals surface area contributed by atoms with E-state index in [1.807, 2.05) is 0 Å². The molecule has 0 spiro atoms. The number of benzene rings is 1. The maximum atomic E-state index is 13.9. The molecule has 0 saturated carbocycles. The van der Waals surface area contributed by atoms with Crippen LogP contribution in [-0.2, 0) is 0 Å². The zero-order valence-corrected chi connectivity index (χ0v) is 11.8. The van der Waals surface area contributed by atoms with Gasteiger partial charge in [0.1, 0.15) is 5.82 Å². The summed E-state index contributed by atoms with van der Waals surface area (Å²) in [5, 5.41) is 2.50. The van der Waals surface area contributed by atoms with Crippen molar-refractivity contribution in [3.8, 4) is 0 Å². The Hall–Kier alpha value is -0.720. The maximum Gasteiger partial charge on any atom is 0.129 e. The summed E-state index contributed by atoms with van der Waals surface area (Å²) in [6.45, 7) is 4.04. The van der Waals surface area contributed by atoms with Crippen LogP contribution in [0, 0.1) is 5.82 Å². The van der Waals surface area contributed by atoms with Crippen LogP contribution in [0.2, 0.25) is 5.02 Å². The second-order valence-electron chi connectivity index (χ2n) is 4.84. The van der Waals surface area contributed by atoms with Gasteiger partial charge in [-0.3, -0.25) is 0 Å². The Morgan fingerprint density at radius 1 is 1.37 bits per heavy atom. The van der Waals surface area contributed by atoms with Crippen molar-refractivity contribution >= 4 is 11.6 Å². The predicted molar refractivity (Wildman–Crippen MR) is 75.4 cm³/mol. The van der Waals surface area contributed by atoms with Gasteiger partial charge in [0.15, 0.2) is 0 Å². The number of hydrogen-bond acceptors (Lipinski definition) is 4. The molecule has 0 aliphatic carbocycles. The highest BCUT2D eigenvalue weighted by Gasteiger charge is 2.22. The number of rotatable bonds is 4. The zero-order valence-electron chi connectivity index (χ0n) is 11.1. The number of piperazine rings is 1. The van der Waals surface area contributed by atoms with Crippen LogP contribution in [-0.4, -0.2) is 49.7 Å². The monoisotopic (exact) mass is 286 g/mol. The third-order valence-corrected chi connectivity index (χ3v) is 3.76. The molecule has 2 rings (SSSR count). The Morgan fingerprint density at radius 2 is 2.05 bits per heavy atom. The van der Waals surface area contributed by atoms with Crippen molar-refractivity contribution in [3.63, 3.8) is 0 Å². The third kappa shape index (κ3) is 3.64. The van der Waals surface area contributed by atoms with Crippen LogP contribution in [0.15, 0.2) is 18.2 Å². The molecule has 4 nitrogen and oxygen atoms in total. The second kappa shape index (κ2) is 6.63. The van der Waals surface area contributed by atoms with Gasteiger partial charge >= 0.3 is 0 Å². The van der Waals surface area contributed by atoms with Crippen LogP contribution in [0.25, 0.3) is 0 Å². The van der Waals surface area contributed by atoms with Crippen LogP contribution in [0.1, 0.15) is 11.6 Å². The van der Waals surface area contributed by atoms with Gasteiger partial charge in [-0.2, -0.15) is 0 Å². The molecule has 6 heteroatoms. The molecule has 106 valence electrons. The van der Waals surface area contributed by atoms with Crippen LogP contribution < -0.4 is 11.2 Å². The van der Waals surface area contributed by atoms with Crippen LogP contribution in [0.4, 0.5) is 4.39 Å². The SMILES string of the molecule is CN1CCN(NC(CN)c2c(F)cccc2Cl)CC1. The number of nitrogens with two attached hydrogens (primary N) is 1. The summed E-state index contributed by atoms with van der Waals surface area (Å²) < 4.78 is 13.9. The number of likely N-dealkylation sites (N-methyl/N-ethyl adjacent to an activating group) is 1. The number of nitrogens with one attached hydrogen (secondary N) is 1. The Balaban J connectivity index is 2.08. The lowest BCUT2D eigenvalue weighted by atomic mass is 10.1. The van der Waals surface area contributed by atoms with E-state index >= 15 is 0 Å². The first kappa shape index (κ1) is 14.7. The molecule has 1 aromatic rings. The summed E-state index contributed by atoms with van der Waals surface area (Å²) in [5.74, 6) is -0.315. The quantitative estimate of drug-likeness (QED) is 0.874. The van der Waals surface area contributed by atoms with Gasteiger partial charge in [-0.1, -0.05) is 17.7 Å². The molecule has 1 unspecified atom stereocenters. The van der Waals surface area contributed by atoms with E-state index in [4.69, 9.17) is 17.3 Å². The highest BCUT2D eigenvalue weighted by Crippen LogP contribution is 2.25. The van der Waals surface area contributed by atoms with E-state index in [1.165, 1.54) is 6.07 Å². The molecule has 0 amide bonds. The summed E-state index contributed by atoms with van der Waals surface area (Å²) in [6.07, 6.45) is 0. The minimum absolute atomic E-state index is 0.294. The first-order valence-corrected chi connectivity index (χ1v) is 6.83. The zero-order chi connectivity index (χ0) is 13.8. The topological polar surface area (TPSA) is 44.5 Å². The number of hydrogen-bond donors (Lipinski definition) is 2. The van der Waals surface area contributed by atoms with Gasteiger partial charge in [0.2, 0.25) is 0 Å². The van der Waals surface area contributed by atoms with Crippen molar-refractivity contribution in [2.45, 2.75) is 6.04 Å². The lowest BCUT2D eigenvalue weighted by Gasteiger charge is -2.35. The molecule has 0 aromatic heterocycles. The molecular formula is C13H20ClFN4. The standard InChI is InChI=1S/C13H20ClFN4/c1-18-5-7-19(8-6-18)17-12(9-16)13-10(14)3-2-4-11(13)15/h2-4,12,17H,5-9,16H2,1H3. The minimum Gasteiger partial charge on any atom is -0.329 e. The minimum atomic E-state index is -0.315. The molecule has 0 bridgehead atoms. The van der Waals surface area contributed by atoms with E-state index in [1.54, 1.807) is 12.1 Å². The molecule has 1 aliphatic rings. The molecule has 1 aliphatic heterocycles. The van der Waals surface area contributed by atoms with Crippen molar-refractivity contribution in [1.82, 2.24) is 15.3 Å². The van der Waals surface area contributed by atoms with E-state index in [2.05, 4.69) is 22.4 Å². The lowest BCUT2D eigenvalue weighted by molar-refractivity contribution is 0.0873. The normalized spacial score (nSPS) is 19.6. The van der Waals surface area contributed by atoms with Gasteiger partial charge in [0.05, 0.1) is 6.04 Å². The fraction of sp³-hybridized carbons (Fsp3) is 0.538. The largest absolute Gasteiger partial charge is 0.329 e. The Kier molecular flexibility index (Phi) is 5.13. The van der Waals surface area contributed by atoms with Gasteiger partial charge in [0, 0.05) is 43.3 Å². The molecule has 19 heavy (non-hydrogen) atoms. The summed E-state index contributed by atoms with van der Waals surface area (Å²) in [6, 6.07) is 4.41. The maximum absolute atomic E-state index is 13.9. The fourth-order valence-corrected chi connectivity index (χ4v) is 2.53. The average molecular weight is 287 g/mol. The molecule has 1 fully saturated rings. The van der Waals surface area contributed by atoms with Crippen LogP contribution in [0.5, 0.6) is 0 Å². The van der Waals surface area contributed by atoms with Crippen LogP contribution >= 0.6 is 11.6 Å². The molecule has 3 N–H and O–H groups in total. The van der Waals surface area contributed by atoms with E-state index in [0.717, 1.165) is 26.2 Å². The number of halogens is 2. The summed E-state index contributed by atoms with van der Waals surface area (Å²) >= 11 is 6.08. The lowest BCUT2D eigenvalue weighted by Crippen LogP contribution is -2.52. The number of hydrazine groups is 1. The van der Waals surface area contributed by atoms with Crippen LogP contribution in [0.3, 0.4) is 0 Å². The average Bonchev–Trinajstić information content (AvgIpc) is 2.39. The predicted octanol–water partition coefficient (Wildman–Crippen LogP) is 1.23. The number of nitrogens with zero attached hydrogens (tertiary/aromatic N) is 2. The van der Waals surface area contributed by atoms with E-state index in [-0.39, 0.29) is 11.9 Å². The Labute approximate surface area is 118 Å². The molecule has 0 radical (unpaired) electrons. The van der Waals surface area contributed by atoms with E-state index in [0.29, 0.717) is 17.1 Å². The highest BCUT2D eigenvalue weighted by atomic mass is 35.5. The van der Waals surface area contributed by atoms with Crippen molar-refractivity contribution < 1.29 is 4.39 Å². The fourth-order valence-electron chi connectivity index (χ4n) is 2.23. The summed E-state index contributed by atoms with van der Waals surface area (Å²) in [4.78, 5) is 2.26. The molecule has 1 saturated heterocycles. The van der Waals surface area contributed by atoms with Crippen molar-refractivity contribution in [2.24, 2.45) is 5.73 Å².